The van der Waals surface area contributed by atoms with Crippen molar-refractivity contribution < 1.29 is 28.5 Å². The molecule has 5 rings (SSSR count). The van der Waals surface area contributed by atoms with Crippen LogP contribution in [0, 0.1) is 0 Å². The van der Waals surface area contributed by atoms with Crippen LogP contribution in [-0.2, 0) is 25.6 Å². The molecule has 9 nitrogen and oxygen atoms in total. The molecule has 3 aliphatic rings. The van der Waals surface area contributed by atoms with Gasteiger partial charge in [0.1, 0.15) is 24.7 Å². The second kappa shape index (κ2) is 15.0. The van der Waals surface area contributed by atoms with Crippen LogP contribution in [0.5, 0.6) is 11.5 Å². The van der Waals surface area contributed by atoms with Crippen molar-refractivity contribution in [3.63, 3.8) is 0 Å². The molecule has 0 saturated carbocycles. The largest absolute Gasteiger partial charge is 0.497 e. The van der Waals surface area contributed by atoms with E-state index in [1.807, 2.05) is 17.0 Å². The fourth-order valence-electron chi connectivity index (χ4n) is 6.42. The molecule has 230 valence electrons. The molecule has 4 atom stereocenters. The number of methoxy groups -OCH3 is 2. The van der Waals surface area contributed by atoms with Crippen LogP contribution in [0.4, 0.5) is 5.69 Å². The van der Waals surface area contributed by atoms with E-state index in [2.05, 4.69) is 47.5 Å². The number of likely N-dealkylation sites (tertiary alicyclic amines) is 1. The molecule has 0 aromatic heterocycles. The van der Waals surface area contributed by atoms with Crippen LogP contribution >= 0.6 is 0 Å². The van der Waals surface area contributed by atoms with Crippen molar-refractivity contribution in [1.29, 1.82) is 0 Å². The van der Waals surface area contributed by atoms with Gasteiger partial charge in [-0.15, -0.1) is 0 Å². The number of rotatable bonds is 12. The van der Waals surface area contributed by atoms with Crippen LogP contribution in [-0.4, -0.2) is 95.8 Å². The Kier molecular flexibility index (Phi) is 11.0. The van der Waals surface area contributed by atoms with E-state index in [4.69, 9.17) is 23.7 Å². The minimum Gasteiger partial charge on any atom is -0.497 e. The number of hydrogen-bond acceptors (Lipinski definition) is 8. The van der Waals surface area contributed by atoms with Gasteiger partial charge >= 0.3 is 0 Å². The predicted octanol–water partition coefficient (Wildman–Crippen LogP) is 3.99. The molecule has 0 bridgehead atoms. The molecular formula is C33H47N3O6. The van der Waals surface area contributed by atoms with Crippen LogP contribution in [0.25, 0.3) is 0 Å². The highest BCUT2D eigenvalue weighted by Gasteiger charge is 2.37. The second-order valence-corrected chi connectivity index (χ2v) is 11.6. The summed E-state index contributed by atoms with van der Waals surface area (Å²) in [7, 11) is 3.41. The van der Waals surface area contributed by atoms with Crippen LogP contribution in [0.3, 0.4) is 0 Å². The Hall–Kier alpha value is -2.85. The molecule has 42 heavy (non-hydrogen) atoms. The molecule has 2 aromatic carbocycles. The lowest BCUT2D eigenvalue weighted by Gasteiger charge is -2.39. The number of ether oxygens (including phenoxy) is 5. The summed E-state index contributed by atoms with van der Waals surface area (Å²) < 4.78 is 29.6. The summed E-state index contributed by atoms with van der Waals surface area (Å²) in [4.78, 5) is 17.5. The van der Waals surface area contributed by atoms with Gasteiger partial charge in [0, 0.05) is 51.9 Å². The van der Waals surface area contributed by atoms with Crippen molar-refractivity contribution in [3.8, 4) is 11.5 Å². The Bertz CT molecular complexity index is 1150. The maximum absolute atomic E-state index is 13.1. The molecule has 3 aliphatic heterocycles. The first-order valence-corrected chi connectivity index (χ1v) is 15.4. The molecule has 3 heterocycles. The predicted molar refractivity (Wildman–Crippen MR) is 163 cm³/mol. The van der Waals surface area contributed by atoms with Gasteiger partial charge in [0.05, 0.1) is 38.2 Å². The summed E-state index contributed by atoms with van der Waals surface area (Å²) >= 11 is 0. The molecule has 2 aromatic rings. The monoisotopic (exact) mass is 581 g/mol. The van der Waals surface area contributed by atoms with Crippen LogP contribution < -0.4 is 19.7 Å². The third-order valence-corrected chi connectivity index (χ3v) is 8.76. The van der Waals surface area contributed by atoms with Gasteiger partial charge in [-0.2, -0.15) is 0 Å². The molecule has 1 amide bonds. The number of nitrogens with one attached hydrogen (secondary N) is 1. The Balaban J connectivity index is 1.29. The number of hydrogen-bond donors (Lipinski definition) is 1. The quantitative estimate of drug-likeness (QED) is 0.377. The summed E-state index contributed by atoms with van der Waals surface area (Å²) in [6.07, 6.45) is 3.93. The van der Waals surface area contributed by atoms with Crippen LogP contribution in [0.15, 0.2) is 42.5 Å². The van der Waals surface area contributed by atoms with E-state index in [-0.39, 0.29) is 36.7 Å². The molecular weight excluding hydrogens is 534 g/mol. The maximum Gasteiger partial charge on any atom is 0.248 e. The lowest BCUT2D eigenvalue weighted by Crippen LogP contribution is -2.52. The molecule has 0 spiro atoms. The molecule has 9 heteroatoms. The van der Waals surface area contributed by atoms with Gasteiger partial charge in [-0.1, -0.05) is 18.2 Å². The SMILES string of the molecule is COCCCN1CCOc2ccc(CO[C@H]3CNC[C@@H](OCC(=O)N4CCCC[C@@H]4C)[C@@H]3c3ccc(OC)cc3)cc21. The van der Waals surface area contributed by atoms with E-state index < -0.39 is 0 Å². The number of amides is 1. The Morgan fingerprint density at radius 3 is 2.60 bits per heavy atom. The average molecular weight is 582 g/mol. The van der Waals surface area contributed by atoms with Gasteiger partial charge in [-0.25, -0.2) is 0 Å². The Morgan fingerprint density at radius 1 is 1.02 bits per heavy atom. The normalized spacial score (nSPS) is 24.2. The standard InChI is InChI=1S/C33H47N3O6/c1-24-7-4-5-15-36(24)32(37)23-42-31-21-34-20-30(33(31)26-9-11-27(39-3)12-10-26)41-22-25-8-13-29-28(19-25)35(16-18-40-29)14-6-17-38-2/h8-13,19,24,30-31,33-34H,4-7,14-18,20-23H2,1-3H3/t24-,30-,31+,33+/m0/s1. The third kappa shape index (κ3) is 7.56. The Morgan fingerprint density at radius 2 is 1.83 bits per heavy atom. The number of carbonyl (C=O) groups is 1. The minimum absolute atomic E-state index is 0.0322. The van der Waals surface area contributed by atoms with E-state index in [1.54, 1.807) is 14.2 Å². The number of piperidine rings is 2. The smallest absolute Gasteiger partial charge is 0.248 e. The highest BCUT2D eigenvalue weighted by atomic mass is 16.5. The maximum atomic E-state index is 13.1. The van der Waals surface area contributed by atoms with Crippen molar-refractivity contribution >= 4 is 11.6 Å². The average Bonchev–Trinajstić information content (AvgIpc) is 3.03. The van der Waals surface area contributed by atoms with E-state index in [0.717, 1.165) is 73.8 Å². The summed E-state index contributed by atoms with van der Waals surface area (Å²) in [5.41, 5.74) is 3.33. The summed E-state index contributed by atoms with van der Waals surface area (Å²) in [5, 5.41) is 3.50. The highest BCUT2D eigenvalue weighted by Crippen LogP contribution is 2.35. The highest BCUT2D eigenvalue weighted by molar-refractivity contribution is 5.77. The molecule has 2 saturated heterocycles. The zero-order chi connectivity index (χ0) is 29.3. The summed E-state index contributed by atoms with van der Waals surface area (Å²) in [6, 6.07) is 14.7. The van der Waals surface area contributed by atoms with Gasteiger partial charge in [0.15, 0.2) is 0 Å². The molecule has 2 fully saturated rings. The molecule has 0 unspecified atom stereocenters. The molecule has 0 radical (unpaired) electrons. The van der Waals surface area contributed by atoms with Crippen LogP contribution in [0.2, 0.25) is 0 Å². The van der Waals surface area contributed by atoms with E-state index in [0.29, 0.717) is 26.3 Å². The van der Waals surface area contributed by atoms with E-state index in [9.17, 15) is 4.79 Å². The van der Waals surface area contributed by atoms with Gasteiger partial charge in [0.2, 0.25) is 5.91 Å². The third-order valence-electron chi connectivity index (χ3n) is 8.76. The summed E-state index contributed by atoms with van der Waals surface area (Å²) in [5.74, 6) is 1.77. The van der Waals surface area contributed by atoms with Crippen LogP contribution in [0.1, 0.15) is 49.7 Å². The number of fused-ring (bicyclic) bond motifs is 1. The first kappa shape index (κ1) is 30.6. The molecule has 1 N–H and O–H groups in total. The van der Waals surface area contributed by atoms with Crippen molar-refractivity contribution in [2.75, 3.05) is 71.7 Å². The first-order valence-electron chi connectivity index (χ1n) is 15.4. The first-order chi connectivity index (χ1) is 20.6. The van der Waals surface area contributed by atoms with E-state index >= 15 is 0 Å². The fourth-order valence-corrected chi connectivity index (χ4v) is 6.42. The van der Waals surface area contributed by atoms with Gasteiger partial charge in [-0.05, 0) is 68.0 Å². The number of carbonyl (C=O) groups excluding carboxylic acids is 1. The zero-order valence-corrected chi connectivity index (χ0v) is 25.4. The summed E-state index contributed by atoms with van der Waals surface area (Å²) in [6.45, 7) is 8.07. The topological polar surface area (TPSA) is 81.7 Å². The van der Waals surface area contributed by atoms with Gasteiger partial charge in [-0.3, -0.25) is 4.79 Å². The lowest BCUT2D eigenvalue weighted by molar-refractivity contribution is -0.144. The number of benzene rings is 2. The Labute approximate surface area is 250 Å². The lowest BCUT2D eigenvalue weighted by atomic mass is 9.85. The van der Waals surface area contributed by atoms with Gasteiger partial charge in [0.25, 0.3) is 0 Å². The fraction of sp³-hybridized carbons (Fsp3) is 0.606. The van der Waals surface area contributed by atoms with E-state index in [1.165, 1.54) is 6.42 Å². The van der Waals surface area contributed by atoms with Crippen molar-refractivity contribution in [2.45, 2.75) is 63.4 Å². The van der Waals surface area contributed by atoms with Gasteiger partial charge < -0.3 is 38.8 Å². The minimum atomic E-state index is -0.200. The second-order valence-electron chi connectivity index (χ2n) is 11.6. The zero-order valence-electron chi connectivity index (χ0n) is 25.4. The number of anilines is 1. The van der Waals surface area contributed by atoms with Crippen molar-refractivity contribution in [2.24, 2.45) is 0 Å². The molecule has 0 aliphatic carbocycles. The van der Waals surface area contributed by atoms with Crippen molar-refractivity contribution in [3.05, 3.63) is 53.6 Å². The number of nitrogens with zero attached hydrogens (tertiary/aromatic N) is 2. The van der Waals surface area contributed by atoms with Crippen molar-refractivity contribution in [1.82, 2.24) is 10.2 Å².